The van der Waals surface area contributed by atoms with E-state index >= 15 is 0 Å². The summed E-state index contributed by atoms with van der Waals surface area (Å²) in [6.45, 7) is 2.37. The van der Waals surface area contributed by atoms with Crippen molar-refractivity contribution in [1.29, 1.82) is 0 Å². The van der Waals surface area contributed by atoms with Crippen LogP contribution in [0.15, 0.2) is 149 Å². The highest BCUT2D eigenvalue weighted by Crippen LogP contribution is 2.44. The van der Waals surface area contributed by atoms with Gasteiger partial charge in [-0.1, -0.05) is 135 Å². The van der Waals surface area contributed by atoms with Gasteiger partial charge in [0, 0.05) is 22.9 Å². The van der Waals surface area contributed by atoms with Gasteiger partial charge in [0.2, 0.25) is 0 Å². The Morgan fingerprint density at radius 1 is 0.796 bits per heavy atom. The molecule has 0 aliphatic carbocycles. The Morgan fingerprint density at radius 3 is 2.02 bits per heavy atom. The number of aliphatic imine (C=N–C) groups is 1. The minimum Gasteiger partial charge on any atom is -0.481 e. The average molecular weight is 715 g/mol. The van der Waals surface area contributed by atoms with E-state index in [2.05, 4.69) is 58.6 Å². The van der Waals surface area contributed by atoms with Crippen LogP contribution in [0.3, 0.4) is 0 Å². The quantitative estimate of drug-likeness (QED) is 0.119. The zero-order chi connectivity index (χ0) is 37.1. The predicted molar refractivity (Wildman–Crippen MR) is 207 cm³/mol. The first-order valence-electron chi connectivity index (χ1n) is 18.1. The van der Waals surface area contributed by atoms with Crippen molar-refractivity contribution in [2.75, 3.05) is 0 Å². The van der Waals surface area contributed by atoms with E-state index in [-0.39, 0.29) is 12.3 Å². The molecule has 1 atom stereocenters. The van der Waals surface area contributed by atoms with Gasteiger partial charge in [0.25, 0.3) is 5.91 Å². The molecule has 2 aromatic heterocycles. The number of unbranched alkanes of at least 4 members (excludes halogenated alkanes) is 1. The van der Waals surface area contributed by atoms with Crippen LogP contribution in [-0.2, 0) is 21.7 Å². The number of carboxylic acids is 1. The van der Waals surface area contributed by atoms with Gasteiger partial charge in [-0.3, -0.25) is 19.5 Å². The van der Waals surface area contributed by atoms with Crippen LogP contribution >= 0.6 is 0 Å². The summed E-state index contributed by atoms with van der Waals surface area (Å²) < 4.78 is 8.42. The second-order valence-corrected chi connectivity index (χ2v) is 13.4. The van der Waals surface area contributed by atoms with E-state index in [1.54, 1.807) is 4.90 Å². The van der Waals surface area contributed by atoms with Crippen LogP contribution in [0.1, 0.15) is 54.9 Å². The van der Waals surface area contributed by atoms with Crippen molar-refractivity contribution < 1.29 is 19.1 Å². The van der Waals surface area contributed by atoms with E-state index in [4.69, 9.17) is 9.63 Å². The standard InChI is InChI=1S/C44H38N6O4/c1-2-3-23-40-45-37(28-41(51)52)43(53)49(40)29-30-24-25-38-31(26-30)27-39(54-38)35-21-13-14-22-36(35)42-46-47-48-50(42)44(32-15-7-4-8-16-32,33-17-9-5-10-18-33)34-19-11-6-12-20-34/h4-22,24-27,37H,2-3,23,28-29H2,1H3,(H,51,52). The molecule has 1 aliphatic rings. The lowest BCUT2D eigenvalue weighted by atomic mass is 9.77. The zero-order valence-corrected chi connectivity index (χ0v) is 29.7. The molecule has 10 heteroatoms. The summed E-state index contributed by atoms with van der Waals surface area (Å²) in [5, 5.41) is 23.9. The smallest absolute Gasteiger partial charge is 0.306 e. The normalized spacial score (nSPS) is 14.5. The molecule has 5 aromatic carbocycles. The van der Waals surface area contributed by atoms with Crippen molar-refractivity contribution in [3.63, 3.8) is 0 Å². The van der Waals surface area contributed by atoms with Crippen LogP contribution in [-0.4, -0.2) is 54.0 Å². The van der Waals surface area contributed by atoms with E-state index in [1.807, 2.05) is 108 Å². The fourth-order valence-electron chi connectivity index (χ4n) is 7.50. The number of carboxylic acid groups (broad SMARTS) is 1. The van der Waals surface area contributed by atoms with Crippen LogP contribution in [0.5, 0.6) is 0 Å². The average Bonchev–Trinajstić information content (AvgIpc) is 3.94. The number of fused-ring (bicyclic) bond motifs is 1. The molecule has 0 radical (unpaired) electrons. The number of aliphatic carboxylic acids is 1. The Labute approximate surface area is 312 Å². The van der Waals surface area contributed by atoms with Crippen molar-refractivity contribution >= 4 is 28.7 Å². The second kappa shape index (κ2) is 14.7. The highest BCUT2D eigenvalue weighted by atomic mass is 16.4. The molecular weight excluding hydrogens is 677 g/mol. The Morgan fingerprint density at radius 2 is 1.41 bits per heavy atom. The van der Waals surface area contributed by atoms with Crippen LogP contribution in [0.25, 0.3) is 33.7 Å². The van der Waals surface area contributed by atoms with E-state index in [9.17, 15) is 14.7 Å². The molecule has 10 nitrogen and oxygen atoms in total. The Kier molecular flexibility index (Phi) is 9.40. The minimum atomic E-state index is -1.04. The number of benzene rings is 5. The number of carbonyl (C=O) groups is 2. The molecule has 1 N–H and O–H groups in total. The lowest BCUT2D eigenvalue weighted by Gasteiger charge is -2.36. The highest BCUT2D eigenvalue weighted by Gasteiger charge is 2.42. The second-order valence-electron chi connectivity index (χ2n) is 13.4. The Bertz CT molecular complexity index is 2360. The van der Waals surface area contributed by atoms with Crippen molar-refractivity contribution in [3.05, 3.63) is 162 Å². The maximum Gasteiger partial charge on any atom is 0.306 e. The third kappa shape index (κ3) is 6.25. The van der Waals surface area contributed by atoms with Crippen LogP contribution < -0.4 is 0 Å². The molecule has 7 aromatic rings. The van der Waals surface area contributed by atoms with E-state index in [0.29, 0.717) is 36.0 Å². The summed E-state index contributed by atoms with van der Waals surface area (Å²) in [5.41, 5.74) is 5.25. The van der Waals surface area contributed by atoms with Crippen molar-refractivity contribution in [1.82, 2.24) is 25.1 Å². The molecule has 3 heterocycles. The first kappa shape index (κ1) is 34.4. The van der Waals surface area contributed by atoms with E-state index < -0.39 is 17.6 Å². The van der Waals surface area contributed by atoms with Gasteiger partial charge in [0.15, 0.2) is 5.82 Å². The summed E-state index contributed by atoms with van der Waals surface area (Å²) in [7, 11) is 0. The third-order valence-corrected chi connectivity index (χ3v) is 10.0. The summed E-state index contributed by atoms with van der Waals surface area (Å²) >= 11 is 0. The van der Waals surface area contributed by atoms with Crippen LogP contribution in [0, 0.1) is 0 Å². The summed E-state index contributed by atoms with van der Waals surface area (Å²) in [4.78, 5) is 30.9. The zero-order valence-electron chi connectivity index (χ0n) is 29.7. The topological polar surface area (TPSA) is 127 Å². The molecule has 8 rings (SSSR count). The number of rotatable bonds is 13. The molecule has 1 unspecified atom stereocenters. The molecule has 0 saturated carbocycles. The number of hydrogen-bond acceptors (Lipinski definition) is 7. The molecule has 0 bridgehead atoms. The SMILES string of the molecule is CCCCC1=NC(CC(=O)O)C(=O)N1Cc1ccc2oc(-c3ccccc3-c3nnnn3C(c3ccccc3)(c3ccccc3)c3ccccc3)cc2c1. The van der Waals surface area contributed by atoms with Crippen molar-refractivity contribution in [2.45, 2.75) is 50.7 Å². The first-order chi connectivity index (χ1) is 26.5. The number of furan rings is 1. The number of amidine groups is 1. The fourth-order valence-corrected chi connectivity index (χ4v) is 7.50. The predicted octanol–water partition coefficient (Wildman–Crippen LogP) is 8.37. The van der Waals surface area contributed by atoms with Crippen LogP contribution in [0.4, 0.5) is 0 Å². The molecule has 268 valence electrons. The maximum absolute atomic E-state index is 13.3. The number of aromatic nitrogens is 4. The minimum absolute atomic E-state index is 0.277. The molecule has 54 heavy (non-hydrogen) atoms. The van der Waals surface area contributed by atoms with Gasteiger partial charge in [-0.15, -0.1) is 5.10 Å². The Balaban J connectivity index is 1.20. The molecular formula is C44H38N6O4. The lowest BCUT2D eigenvalue weighted by molar-refractivity contribution is -0.140. The molecule has 1 aliphatic heterocycles. The molecule has 0 spiro atoms. The lowest BCUT2D eigenvalue weighted by Crippen LogP contribution is -2.39. The van der Waals surface area contributed by atoms with E-state index in [1.165, 1.54) is 0 Å². The first-order valence-corrected chi connectivity index (χ1v) is 18.1. The molecule has 0 saturated heterocycles. The van der Waals surface area contributed by atoms with Gasteiger partial charge in [-0.05, 0) is 57.3 Å². The van der Waals surface area contributed by atoms with E-state index in [0.717, 1.165) is 51.6 Å². The largest absolute Gasteiger partial charge is 0.481 e. The fraction of sp³-hybridized carbons (Fsp3) is 0.182. The van der Waals surface area contributed by atoms with Gasteiger partial charge in [0.05, 0.1) is 13.0 Å². The van der Waals surface area contributed by atoms with Gasteiger partial charge >= 0.3 is 5.97 Å². The molecule has 0 fully saturated rings. The Hall–Kier alpha value is -6.68. The van der Waals surface area contributed by atoms with Gasteiger partial charge in [-0.2, -0.15) is 0 Å². The maximum atomic E-state index is 13.3. The molecule has 1 amide bonds. The number of tetrazole rings is 1. The van der Waals surface area contributed by atoms with Crippen LogP contribution in [0.2, 0.25) is 0 Å². The highest BCUT2D eigenvalue weighted by molar-refractivity contribution is 6.06. The van der Waals surface area contributed by atoms with Gasteiger partial charge in [0.1, 0.15) is 28.8 Å². The number of amides is 1. The summed E-state index contributed by atoms with van der Waals surface area (Å²) in [5.74, 6) is 0.527. The summed E-state index contributed by atoms with van der Waals surface area (Å²) in [6.07, 6.45) is 2.10. The van der Waals surface area contributed by atoms with Gasteiger partial charge < -0.3 is 9.52 Å². The monoisotopic (exact) mass is 714 g/mol. The number of nitrogens with zero attached hydrogens (tertiary/aromatic N) is 6. The number of hydrogen-bond donors (Lipinski definition) is 1. The van der Waals surface area contributed by atoms with Crippen molar-refractivity contribution in [3.8, 4) is 22.7 Å². The third-order valence-electron chi connectivity index (χ3n) is 10.0. The number of carbonyl (C=O) groups excluding carboxylic acids is 1. The summed E-state index contributed by atoms with van der Waals surface area (Å²) in [6, 6.07) is 45.7. The van der Waals surface area contributed by atoms with Gasteiger partial charge in [-0.25, -0.2) is 4.68 Å². The van der Waals surface area contributed by atoms with Crippen molar-refractivity contribution in [2.24, 2.45) is 4.99 Å².